The molecule has 25 heavy (non-hydrogen) atoms. The first-order valence-electron chi connectivity index (χ1n) is 8.41. The largest absolute Gasteiger partial charge is 0.490 e. The summed E-state index contributed by atoms with van der Waals surface area (Å²) in [4.78, 5) is 12.6. The van der Waals surface area contributed by atoms with Gasteiger partial charge in [0.1, 0.15) is 5.82 Å². The highest BCUT2D eigenvalue weighted by atomic mass is 35.5. The maximum Gasteiger partial charge on any atom is 0.257 e. The predicted octanol–water partition coefficient (Wildman–Crippen LogP) is 4.56. The summed E-state index contributed by atoms with van der Waals surface area (Å²) in [5, 5.41) is 7.41. The minimum Gasteiger partial charge on any atom is -0.490 e. The van der Waals surface area contributed by atoms with Crippen LogP contribution in [0.2, 0.25) is 5.02 Å². The number of hydrogen-bond donors (Lipinski definition) is 1. The zero-order chi connectivity index (χ0) is 18.4. The summed E-state index contributed by atoms with van der Waals surface area (Å²) in [7, 11) is 0. The van der Waals surface area contributed by atoms with Crippen LogP contribution < -0.4 is 14.8 Å². The van der Waals surface area contributed by atoms with Crippen LogP contribution in [-0.2, 0) is 0 Å². The standard InChI is InChI=1S/C18H24ClN3O3/c1-5-9-25-17-14(19)10-13(11-15(17)24-6-2)18(23)21-16-7-8-20-22(16)12(3)4/h7-8,10-12H,5-6,9H2,1-4H3,(H,21,23). The lowest BCUT2D eigenvalue weighted by molar-refractivity contribution is 0.102. The summed E-state index contributed by atoms with van der Waals surface area (Å²) in [6, 6.07) is 5.12. The molecule has 0 unspecified atom stereocenters. The van der Waals surface area contributed by atoms with Gasteiger partial charge in [0.15, 0.2) is 11.5 Å². The number of hydrogen-bond acceptors (Lipinski definition) is 4. The molecule has 0 saturated carbocycles. The maximum atomic E-state index is 12.6. The van der Waals surface area contributed by atoms with Crippen molar-refractivity contribution >= 4 is 23.3 Å². The minimum atomic E-state index is -0.285. The minimum absolute atomic E-state index is 0.137. The van der Waals surface area contributed by atoms with Crippen molar-refractivity contribution in [1.29, 1.82) is 0 Å². The molecule has 0 aliphatic heterocycles. The Kier molecular flexibility index (Phi) is 6.70. The molecule has 2 aromatic rings. The summed E-state index contributed by atoms with van der Waals surface area (Å²) in [5.41, 5.74) is 0.397. The molecule has 1 amide bonds. The predicted molar refractivity (Wildman–Crippen MR) is 99.0 cm³/mol. The van der Waals surface area contributed by atoms with Crippen LogP contribution in [0.1, 0.15) is 50.5 Å². The SMILES string of the molecule is CCCOc1c(Cl)cc(C(=O)Nc2ccnn2C(C)C)cc1OCC. The van der Waals surface area contributed by atoms with Crippen LogP contribution >= 0.6 is 11.6 Å². The van der Waals surface area contributed by atoms with Crippen molar-refractivity contribution < 1.29 is 14.3 Å². The fraction of sp³-hybridized carbons (Fsp3) is 0.444. The maximum absolute atomic E-state index is 12.6. The van der Waals surface area contributed by atoms with Gasteiger partial charge in [-0.3, -0.25) is 4.79 Å². The van der Waals surface area contributed by atoms with Crippen molar-refractivity contribution in [1.82, 2.24) is 9.78 Å². The average Bonchev–Trinajstić information content (AvgIpc) is 3.02. The third-order valence-electron chi connectivity index (χ3n) is 3.42. The van der Waals surface area contributed by atoms with Gasteiger partial charge in [0.2, 0.25) is 0 Å². The molecule has 1 aromatic heterocycles. The highest BCUT2D eigenvalue weighted by Gasteiger charge is 2.18. The Morgan fingerprint density at radius 1 is 1.32 bits per heavy atom. The van der Waals surface area contributed by atoms with Crippen LogP contribution in [0.4, 0.5) is 5.82 Å². The number of halogens is 1. The van der Waals surface area contributed by atoms with E-state index in [-0.39, 0.29) is 11.9 Å². The van der Waals surface area contributed by atoms with E-state index in [1.807, 2.05) is 27.7 Å². The first-order valence-corrected chi connectivity index (χ1v) is 8.79. The van der Waals surface area contributed by atoms with E-state index in [0.717, 1.165) is 6.42 Å². The molecule has 0 aliphatic carbocycles. The molecule has 136 valence electrons. The Morgan fingerprint density at radius 3 is 2.72 bits per heavy atom. The lowest BCUT2D eigenvalue weighted by Gasteiger charge is -2.15. The molecule has 0 fully saturated rings. The number of anilines is 1. The fourth-order valence-electron chi connectivity index (χ4n) is 2.32. The van der Waals surface area contributed by atoms with Crippen molar-refractivity contribution in [2.24, 2.45) is 0 Å². The van der Waals surface area contributed by atoms with Crippen LogP contribution in [0.25, 0.3) is 0 Å². The monoisotopic (exact) mass is 365 g/mol. The summed E-state index contributed by atoms with van der Waals surface area (Å²) < 4.78 is 13.0. The molecule has 2 rings (SSSR count). The zero-order valence-electron chi connectivity index (χ0n) is 15.0. The van der Waals surface area contributed by atoms with Crippen molar-refractivity contribution in [2.45, 2.75) is 40.2 Å². The van der Waals surface area contributed by atoms with Crippen molar-refractivity contribution in [2.75, 3.05) is 18.5 Å². The second-order valence-corrected chi connectivity index (χ2v) is 6.18. The number of ether oxygens (including phenoxy) is 2. The summed E-state index contributed by atoms with van der Waals surface area (Å²) >= 11 is 6.31. The fourth-order valence-corrected chi connectivity index (χ4v) is 2.58. The molecule has 0 saturated heterocycles. The van der Waals surface area contributed by atoms with Gasteiger partial charge in [-0.2, -0.15) is 5.10 Å². The quantitative estimate of drug-likeness (QED) is 0.744. The van der Waals surface area contributed by atoms with E-state index in [0.29, 0.717) is 41.1 Å². The van der Waals surface area contributed by atoms with Crippen LogP contribution in [0.5, 0.6) is 11.5 Å². The first kappa shape index (κ1) is 19.1. The molecule has 7 heteroatoms. The van der Waals surface area contributed by atoms with Gasteiger partial charge >= 0.3 is 0 Å². The number of carbonyl (C=O) groups is 1. The third kappa shape index (κ3) is 4.66. The Bertz CT molecular complexity index is 728. The van der Waals surface area contributed by atoms with Gasteiger partial charge in [0, 0.05) is 17.7 Å². The zero-order valence-corrected chi connectivity index (χ0v) is 15.8. The number of amides is 1. The lowest BCUT2D eigenvalue weighted by Crippen LogP contribution is -2.17. The number of carbonyl (C=O) groups excluding carboxylic acids is 1. The highest BCUT2D eigenvalue weighted by Crippen LogP contribution is 2.37. The first-order chi connectivity index (χ1) is 12.0. The van der Waals surface area contributed by atoms with Gasteiger partial charge in [-0.15, -0.1) is 0 Å². The van der Waals surface area contributed by atoms with Crippen molar-refractivity contribution in [3.05, 3.63) is 35.0 Å². The lowest BCUT2D eigenvalue weighted by atomic mass is 10.2. The average molecular weight is 366 g/mol. The molecule has 1 aromatic carbocycles. The molecule has 1 N–H and O–H groups in total. The summed E-state index contributed by atoms with van der Waals surface area (Å²) in [6.45, 7) is 8.83. The second-order valence-electron chi connectivity index (χ2n) is 5.78. The Labute approximate surface area is 153 Å². The normalized spacial score (nSPS) is 10.8. The van der Waals surface area contributed by atoms with Gasteiger partial charge in [0.05, 0.1) is 24.4 Å². The van der Waals surface area contributed by atoms with E-state index < -0.39 is 0 Å². The number of aromatic nitrogens is 2. The van der Waals surface area contributed by atoms with E-state index in [1.54, 1.807) is 29.1 Å². The van der Waals surface area contributed by atoms with Crippen LogP contribution in [0.3, 0.4) is 0 Å². The molecule has 0 atom stereocenters. The highest BCUT2D eigenvalue weighted by molar-refractivity contribution is 6.32. The molecule has 0 radical (unpaired) electrons. The third-order valence-corrected chi connectivity index (χ3v) is 3.70. The van der Waals surface area contributed by atoms with E-state index >= 15 is 0 Å². The molecular formula is C18H24ClN3O3. The van der Waals surface area contributed by atoms with Gasteiger partial charge in [0.25, 0.3) is 5.91 Å². The van der Waals surface area contributed by atoms with E-state index in [1.165, 1.54) is 0 Å². The second kappa shape index (κ2) is 8.76. The van der Waals surface area contributed by atoms with Crippen LogP contribution in [0.15, 0.2) is 24.4 Å². The van der Waals surface area contributed by atoms with Crippen LogP contribution in [-0.4, -0.2) is 28.9 Å². The molecular weight excluding hydrogens is 342 g/mol. The van der Waals surface area contributed by atoms with E-state index in [9.17, 15) is 4.79 Å². The molecule has 0 bridgehead atoms. The molecule has 6 nitrogen and oxygen atoms in total. The number of rotatable bonds is 8. The molecule has 0 spiro atoms. The molecule has 0 aliphatic rings. The number of nitrogens with one attached hydrogen (secondary N) is 1. The van der Waals surface area contributed by atoms with Gasteiger partial charge in [-0.25, -0.2) is 4.68 Å². The summed E-state index contributed by atoms with van der Waals surface area (Å²) in [5.74, 6) is 1.27. The van der Waals surface area contributed by atoms with E-state index in [4.69, 9.17) is 21.1 Å². The van der Waals surface area contributed by atoms with Crippen LogP contribution in [0, 0.1) is 0 Å². The molecule has 1 heterocycles. The Hall–Kier alpha value is -2.21. The van der Waals surface area contributed by atoms with Gasteiger partial charge < -0.3 is 14.8 Å². The van der Waals surface area contributed by atoms with Gasteiger partial charge in [-0.1, -0.05) is 18.5 Å². The summed E-state index contributed by atoms with van der Waals surface area (Å²) in [6.07, 6.45) is 2.50. The Morgan fingerprint density at radius 2 is 2.08 bits per heavy atom. The smallest absolute Gasteiger partial charge is 0.257 e. The Balaban J connectivity index is 2.28. The van der Waals surface area contributed by atoms with E-state index in [2.05, 4.69) is 10.4 Å². The van der Waals surface area contributed by atoms with Crippen molar-refractivity contribution in [3.63, 3.8) is 0 Å². The van der Waals surface area contributed by atoms with Crippen molar-refractivity contribution in [3.8, 4) is 11.5 Å². The topological polar surface area (TPSA) is 65.4 Å². The number of nitrogens with zero attached hydrogens (tertiary/aromatic N) is 2. The van der Waals surface area contributed by atoms with Gasteiger partial charge in [-0.05, 0) is 39.3 Å². The number of benzene rings is 1.